The Morgan fingerprint density at radius 2 is 0.848 bits per heavy atom. The molecule has 1 heterocycles. The van der Waals surface area contributed by atoms with E-state index in [2.05, 4.69) is 248 Å². The minimum absolute atomic E-state index is 0.885. The molecule has 0 unspecified atom stereocenters. The molecule has 0 radical (unpaired) electrons. The third-order valence-corrected chi connectivity index (χ3v) is 13.4. The maximum atomic E-state index is 6.72. The maximum absolute atomic E-state index is 6.72. The second-order valence-corrected chi connectivity index (χ2v) is 17.2. The molecule has 0 spiro atoms. The standard InChI is InChI=1S/C64H41NO/c1-3-15-42(16-4-1)48-37-49(55-25-14-27-59-58-23-11-12-28-63(58)66-64(55)59)39-51(38-48)65(50-34-31-46-30-29-44-19-8-10-22-53(44)60(46)41-50)62-36-33-47(40-61(62)43-17-5-2-6-18-43)54-24-13-26-56-52-21-9-7-20-45(52)32-35-57(54)56/h1-41H. The average molecular weight is 840 g/mol. The van der Waals surface area contributed by atoms with Crippen LogP contribution in [-0.2, 0) is 0 Å². The van der Waals surface area contributed by atoms with Crippen LogP contribution in [0.25, 0.3) is 110 Å². The van der Waals surface area contributed by atoms with Gasteiger partial charge >= 0.3 is 0 Å². The highest BCUT2D eigenvalue weighted by atomic mass is 16.3. The first-order chi connectivity index (χ1) is 32.7. The van der Waals surface area contributed by atoms with E-state index >= 15 is 0 Å². The topological polar surface area (TPSA) is 16.4 Å². The number of anilines is 3. The van der Waals surface area contributed by atoms with Crippen molar-refractivity contribution in [2.75, 3.05) is 4.90 Å². The first-order valence-corrected chi connectivity index (χ1v) is 22.7. The Morgan fingerprint density at radius 1 is 0.258 bits per heavy atom. The molecule has 12 aromatic carbocycles. The highest BCUT2D eigenvalue weighted by molar-refractivity contribution is 6.14. The van der Waals surface area contributed by atoms with Crippen LogP contribution in [0.15, 0.2) is 253 Å². The summed E-state index contributed by atoms with van der Waals surface area (Å²) < 4.78 is 6.72. The summed E-state index contributed by atoms with van der Waals surface area (Å²) in [6.07, 6.45) is 0. The fourth-order valence-corrected chi connectivity index (χ4v) is 10.3. The van der Waals surface area contributed by atoms with Gasteiger partial charge in [0.1, 0.15) is 11.2 Å². The largest absolute Gasteiger partial charge is 0.455 e. The Hall–Kier alpha value is -8.72. The van der Waals surface area contributed by atoms with Crippen molar-refractivity contribution in [1.82, 2.24) is 0 Å². The van der Waals surface area contributed by atoms with Crippen LogP contribution in [0.2, 0.25) is 0 Å². The van der Waals surface area contributed by atoms with Crippen molar-refractivity contribution in [1.29, 1.82) is 0 Å². The fourth-order valence-electron chi connectivity index (χ4n) is 10.3. The molecule has 0 bridgehead atoms. The first kappa shape index (κ1) is 37.8. The van der Waals surface area contributed by atoms with Gasteiger partial charge in [-0.2, -0.15) is 0 Å². The Balaban J connectivity index is 1.10. The zero-order valence-electron chi connectivity index (χ0n) is 36.0. The number of hydrogen-bond acceptors (Lipinski definition) is 2. The number of nitrogens with zero attached hydrogens (tertiary/aromatic N) is 1. The summed E-state index contributed by atoms with van der Waals surface area (Å²) >= 11 is 0. The summed E-state index contributed by atoms with van der Waals surface area (Å²) in [7, 11) is 0. The lowest BCUT2D eigenvalue weighted by Gasteiger charge is -2.30. The third-order valence-electron chi connectivity index (χ3n) is 13.4. The minimum Gasteiger partial charge on any atom is -0.455 e. The molecule has 13 aromatic rings. The number of benzene rings is 12. The molecule has 0 aliphatic heterocycles. The van der Waals surface area contributed by atoms with E-state index in [4.69, 9.17) is 4.42 Å². The quantitative estimate of drug-likeness (QED) is 0.149. The van der Waals surface area contributed by atoms with E-state index in [1.807, 2.05) is 6.07 Å². The lowest BCUT2D eigenvalue weighted by atomic mass is 9.91. The van der Waals surface area contributed by atoms with Crippen molar-refractivity contribution in [3.05, 3.63) is 249 Å². The second kappa shape index (κ2) is 15.5. The van der Waals surface area contributed by atoms with Gasteiger partial charge in [-0.3, -0.25) is 0 Å². The van der Waals surface area contributed by atoms with E-state index in [-0.39, 0.29) is 0 Å². The van der Waals surface area contributed by atoms with E-state index < -0.39 is 0 Å². The Morgan fingerprint density at radius 3 is 1.64 bits per heavy atom. The summed E-state index contributed by atoms with van der Waals surface area (Å²) in [5, 5.41) is 12.1. The van der Waals surface area contributed by atoms with Crippen molar-refractivity contribution in [2.24, 2.45) is 0 Å². The summed E-state index contributed by atoms with van der Waals surface area (Å²) in [5.41, 5.74) is 14.0. The number of rotatable bonds is 7. The van der Waals surface area contributed by atoms with Crippen LogP contribution < -0.4 is 4.90 Å². The van der Waals surface area contributed by atoms with Crippen molar-refractivity contribution >= 4 is 82.1 Å². The monoisotopic (exact) mass is 839 g/mol. The number of furan rings is 1. The van der Waals surface area contributed by atoms with E-state index in [0.717, 1.165) is 72.4 Å². The average Bonchev–Trinajstić information content (AvgIpc) is 3.78. The van der Waals surface area contributed by atoms with Crippen LogP contribution >= 0.6 is 0 Å². The molecular formula is C64H41NO. The zero-order valence-corrected chi connectivity index (χ0v) is 36.0. The lowest BCUT2D eigenvalue weighted by molar-refractivity contribution is 0.670. The molecule has 13 rings (SSSR count). The van der Waals surface area contributed by atoms with Gasteiger partial charge in [-0.1, -0.05) is 200 Å². The molecule has 0 N–H and O–H groups in total. The van der Waals surface area contributed by atoms with Crippen LogP contribution in [0.4, 0.5) is 17.1 Å². The van der Waals surface area contributed by atoms with Crippen molar-refractivity contribution < 1.29 is 4.42 Å². The van der Waals surface area contributed by atoms with Crippen LogP contribution in [0.1, 0.15) is 0 Å². The molecule has 2 heteroatoms. The van der Waals surface area contributed by atoms with Gasteiger partial charge in [-0.05, 0) is 125 Å². The SMILES string of the molecule is c1ccc(-c2cc(-c3cccc4c3oc3ccccc34)cc(N(c3ccc4ccc5ccccc5c4c3)c3ccc(-c4cccc5c4ccc4ccccc45)cc3-c3ccccc3)c2)cc1. The predicted octanol–water partition coefficient (Wildman–Crippen LogP) is 18.3. The van der Waals surface area contributed by atoms with E-state index in [1.54, 1.807) is 0 Å². The van der Waals surface area contributed by atoms with Gasteiger partial charge in [0.15, 0.2) is 0 Å². The van der Waals surface area contributed by atoms with E-state index in [1.165, 1.54) is 54.2 Å². The zero-order chi connectivity index (χ0) is 43.6. The van der Waals surface area contributed by atoms with Gasteiger partial charge in [0.05, 0.1) is 5.69 Å². The lowest BCUT2D eigenvalue weighted by Crippen LogP contribution is -2.12. The molecule has 0 saturated carbocycles. The number of fused-ring (bicyclic) bond motifs is 9. The maximum Gasteiger partial charge on any atom is 0.143 e. The van der Waals surface area contributed by atoms with Gasteiger partial charge in [-0.25, -0.2) is 0 Å². The van der Waals surface area contributed by atoms with Crippen LogP contribution in [0, 0.1) is 0 Å². The summed E-state index contributed by atoms with van der Waals surface area (Å²) in [4.78, 5) is 2.47. The van der Waals surface area contributed by atoms with E-state index in [0.29, 0.717) is 0 Å². The Bertz CT molecular complexity index is 4000. The first-order valence-electron chi connectivity index (χ1n) is 22.7. The smallest absolute Gasteiger partial charge is 0.143 e. The molecule has 2 nitrogen and oxygen atoms in total. The molecule has 0 fully saturated rings. The molecule has 308 valence electrons. The van der Waals surface area contributed by atoms with Gasteiger partial charge < -0.3 is 9.32 Å². The normalized spacial score (nSPS) is 11.6. The summed E-state index contributed by atoms with van der Waals surface area (Å²) in [6.45, 7) is 0. The highest BCUT2D eigenvalue weighted by Crippen LogP contribution is 2.47. The van der Waals surface area contributed by atoms with Crippen molar-refractivity contribution in [2.45, 2.75) is 0 Å². The third kappa shape index (κ3) is 6.34. The molecule has 0 aliphatic rings. The van der Waals surface area contributed by atoms with Crippen LogP contribution in [0.5, 0.6) is 0 Å². The Labute approximate surface area is 382 Å². The molecule has 0 atom stereocenters. The van der Waals surface area contributed by atoms with Crippen LogP contribution in [-0.4, -0.2) is 0 Å². The Kier molecular flexibility index (Phi) is 8.89. The predicted molar refractivity (Wildman–Crippen MR) is 280 cm³/mol. The fraction of sp³-hybridized carbons (Fsp3) is 0. The number of para-hydroxylation sites is 2. The molecular weight excluding hydrogens is 799 g/mol. The molecule has 0 saturated heterocycles. The molecule has 0 aliphatic carbocycles. The van der Waals surface area contributed by atoms with E-state index in [9.17, 15) is 0 Å². The van der Waals surface area contributed by atoms with Crippen molar-refractivity contribution in [3.8, 4) is 44.5 Å². The van der Waals surface area contributed by atoms with Gasteiger partial charge in [0, 0.05) is 33.3 Å². The van der Waals surface area contributed by atoms with Gasteiger partial charge in [0.25, 0.3) is 0 Å². The van der Waals surface area contributed by atoms with Crippen molar-refractivity contribution in [3.63, 3.8) is 0 Å². The molecule has 0 amide bonds. The van der Waals surface area contributed by atoms with Gasteiger partial charge in [0.2, 0.25) is 0 Å². The summed E-state index contributed by atoms with van der Waals surface area (Å²) in [6, 6.07) is 90.6. The minimum atomic E-state index is 0.885. The second-order valence-electron chi connectivity index (χ2n) is 17.2. The highest BCUT2D eigenvalue weighted by Gasteiger charge is 2.23. The van der Waals surface area contributed by atoms with Gasteiger partial charge in [-0.15, -0.1) is 0 Å². The summed E-state index contributed by atoms with van der Waals surface area (Å²) in [5.74, 6) is 0. The molecule has 1 aromatic heterocycles. The number of hydrogen-bond donors (Lipinski definition) is 0. The van der Waals surface area contributed by atoms with Crippen LogP contribution in [0.3, 0.4) is 0 Å². The molecule has 66 heavy (non-hydrogen) atoms.